The molecule has 0 aliphatic rings. The first-order valence-corrected chi connectivity index (χ1v) is 5.21. The summed E-state index contributed by atoms with van der Waals surface area (Å²) in [6.45, 7) is 0. The average molecular weight is 262 g/mol. The molecule has 1 rings (SSSR count). The maximum Gasteiger partial charge on any atom is 0.181 e. The molecular formula is C11H7Cl3O. The highest BCUT2D eigenvalue weighted by atomic mass is 35.5. The number of hydrogen-bond donors (Lipinski definition) is 0. The largest absolute Gasteiger partial charge is 0.290 e. The lowest BCUT2D eigenvalue weighted by Gasteiger charge is -1.92. The van der Waals surface area contributed by atoms with Crippen LogP contribution in [0.25, 0.3) is 6.08 Å². The van der Waals surface area contributed by atoms with E-state index < -0.39 is 0 Å². The van der Waals surface area contributed by atoms with Crippen LogP contribution in [0.15, 0.2) is 40.9 Å². The fourth-order valence-corrected chi connectivity index (χ4v) is 1.25. The molecule has 0 fully saturated rings. The van der Waals surface area contributed by atoms with Gasteiger partial charge in [0.1, 0.15) is 4.49 Å². The number of carbonyl (C=O) groups excluding carboxylic acids is 1. The normalized spacial score (nSPS) is 10.3. The second kappa shape index (κ2) is 5.96. The predicted molar refractivity (Wildman–Crippen MR) is 65.3 cm³/mol. The van der Waals surface area contributed by atoms with E-state index in [2.05, 4.69) is 0 Å². The molecule has 1 aromatic rings. The van der Waals surface area contributed by atoms with Crippen molar-refractivity contribution in [3.8, 4) is 0 Å². The van der Waals surface area contributed by atoms with Gasteiger partial charge in [-0.25, -0.2) is 0 Å². The second-order valence-electron chi connectivity index (χ2n) is 2.72. The van der Waals surface area contributed by atoms with Gasteiger partial charge in [-0.15, -0.1) is 0 Å². The Labute approximate surface area is 103 Å². The molecular weight excluding hydrogens is 254 g/mol. The lowest BCUT2D eigenvalue weighted by Crippen LogP contribution is -1.84. The topological polar surface area (TPSA) is 17.1 Å². The molecule has 0 bridgehead atoms. The van der Waals surface area contributed by atoms with E-state index >= 15 is 0 Å². The fraction of sp³-hybridized carbons (Fsp3) is 0. The summed E-state index contributed by atoms with van der Waals surface area (Å²) in [5.41, 5.74) is 0.881. The van der Waals surface area contributed by atoms with Crippen molar-refractivity contribution in [2.45, 2.75) is 0 Å². The number of allylic oxidation sites excluding steroid dienone is 2. The van der Waals surface area contributed by atoms with Crippen molar-refractivity contribution in [3.05, 3.63) is 51.5 Å². The molecule has 1 aromatic carbocycles. The lowest BCUT2D eigenvalue weighted by molar-refractivity contribution is -0.110. The minimum atomic E-state index is -0.259. The zero-order chi connectivity index (χ0) is 11.3. The van der Waals surface area contributed by atoms with E-state index in [-0.39, 0.29) is 10.3 Å². The minimum Gasteiger partial charge on any atom is -0.290 e. The van der Waals surface area contributed by atoms with Crippen molar-refractivity contribution in [1.82, 2.24) is 0 Å². The van der Waals surface area contributed by atoms with Gasteiger partial charge in [0, 0.05) is 11.1 Å². The van der Waals surface area contributed by atoms with Crippen molar-refractivity contribution in [2.24, 2.45) is 0 Å². The molecule has 0 atom stereocenters. The Kier molecular flexibility index (Phi) is 4.89. The van der Waals surface area contributed by atoms with Gasteiger partial charge in [-0.2, -0.15) is 0 Å². The molecule has 0 amide bonds. The number of carbonyl (C=O) groups is 1. The van der Waals surface area contributed by atoms with Gasteiger partial charge in [-0.1, -0.05) is 53.0 Å². The number of ketones is 1. The summed E-state index contributed by atoms with van der Waals surface area (Å²) in [5.74, 6) is -0.259. The third-order valence-electron chi connectivity index (χ3n) is 1.56. The van der Waals surface area contributed by atoms with Crippen LogP contribution in [0.3, 0.4) is 0 Å². The maximum absolute atomic E-state index is 11.1. The zero-order valence-electron chi connectivity index (χ0n) is 7.58. The SMILES string of the molecule is O=C(C=C(Cl)Cl)/C=C/c1ccc(Cl)cc1. The van der Waals surface area contributed by atoms with Gasteiger partial charge >= 0.3 is 0 Å². The molecule has 0 aromatic heterocycles. The Morgan fingerprint density at radius 1 is 1.13 bits per heavy atom. The quantitative estimate of drug-likeness (QED) is 0.744. The van der Waals surface area contributed by atoms with Crippen molar-refractivity contribution in [2.75, 3.05) is 0 Å². The van der Waals surface area contributed by atoms with Crippen LogP contribution < -0.4 is 0 Å². The molecule has 0 unspecified atom stereocenters. The van der Waals surface area contributed by atoms with Crippen LogP contribution in [0.1, 0.15) is 5.56 Å². The van der Waals surface area contributed by atoms with Gasteiger partial charge < -0.3 is 0 Å². The van der Waals surface area contributed by atoms with Gasteiger partial charge in [0.25, 0.3) is 0 Å². The monoisotopic (exact) mass is 260 g/mol. The first-order chi connectivity index (χ1) is 7.08. The molecule has 0 radical (unpaired) electrons. The van der Waals surface area contributed by atoms with E-state index in [1.165, 1.54) is 6.08 Å². The molecule has 0 aliphatic carbocycles. The van der Waals surface area contributed by atoms with Crippen molar-refractivity contribution >= 4 is 46.7 Å². The van der Waals surface area contributed by atoms with Crippen LogP contribution in [0.4, 0.5) is 0 Å². The van der Waals surface area contributed by atoms with E-state index in [0.29, 0.717) is 5.02 Å². The lowest BCUT2D eigenvalue weighted by atomic mass is 10.2. The minimum absolute atomic E-state index is 0.0549. The van der Waals surface area contributed by atoms with Crippen LogP contribution in [0.2, 0.25) is 5.02 Å². The fourth-order valence-electron chi connectivity index (χ4n) is 0.908. The Balaban J connectivity index is 2.70. The summed E-state index contributed by atoms with van der Waals surface area (Å²) in [4.78, 5) is 11.1. The van der Waals surface area contributed by atoms with E-state index in [4.69, 9.17) is 34.8 Å². The van der Waals surface area contributed by atoms with Gasteiger partial charge in [0.05, 0.1) is 0 Å². The molecule has 0 N–H and O–H groups in total. The molecule has 78 valence electrons. The Morgan fingerprint density at radius 2 is 1.73 bits per heavy atom. The summed E-state index contributed by atoms with van der Waals surface area (Å²) in [5, 5.41) is 0.655. The summed E-state index contributed by atoms with van der Waals surface area (Å²) < 4.78 is -0.0549. The molecule has 0 aliphatic heterocycles. The van der Waals surface area contributed by atoms with E-state index in [1.807, 2.05) is 0 Å². The molecule has 1 nitrogen and oxygen atoms in total. The maximum atomic E-state index is 11.1. The summed E-state index contributed by atoms with van der Waals surface area (Å²) in [7, 11) is 0. The number of rotatable bonds is 3. The summed E-state index contributed by atoms with van der Waals surface area (Å²) >= 11 is 16.4. The zero-order valence-corrected chi connectivity index (χ0v) is 9.85. The highest BCUT2D eigenvalue weighted by Gasteiger charge is 1.93. The van der Waals surface area contributed by atoms with Gasteiger partial charge in [0.2, 0.25) is 0 Å². The molecule has 0 saturated carbocycles. The van der Waals surface area contributed by atoms with E-state index in [1.54, 1.807) is 30.3 Å². The van der Waals surface area contributed by atoms with Crippen molar-refractivity contribution < 1.29 is 4.79 Å². The Morgan fingerprint density at radius 3 is 2.27 bits per heavy atom. The molecule has 4 heteroatoms. The Bertz CT molecular complexity index is 400. The molecule has 0 heterocycles. The van der Waals surface area contributed by atoms with E-state index in [0.717, 1.165) is 11.6 Å². The number of benzene rings is 1. The van der Waals surface area contributed by atoms with Crippen molar-refractivity contribution in [3.63, 3.8) is 0 Å². The van der Waals surface area contributed by atoms with Crippen LogP contribution in [0.5, 0.6) is 0 Å². The number of halogens is 3. The van der Waals surface area contributed by atoms with Crippen molar-refractivity contribution in [1.29, 1.82) is 0 Å². The third kappa shape index (κ3) is 5.03. The highest BCUT2D eigenvalue weighted by Crippen LogP contribution is 2.11. The molecule has 0 spiro atoms. The predicted octanol–water partition coefficient (Wildman–Crippen LogP) is 4.24. The summed E-state index contributed by atoms with van der Waals surface area (Å²) in [6, 6.07) is 7.10. The first-order valence-electron chi connectivity index (χ1n) is 4.08. The summed E-state index contributed by atoms with van der Waals surface area (Å²) in [6.07, 6.45) is 4.18. The van der Waals surface area contributed by atoms with Gasteiger partial charge in [0.15, 0.2) is 5.78 Å². The van der Waals surface area contributed by atoms with Crippen LogP contribution in [0, 0.1) is 0 Å². The van der Waals surface area contributed by atoms with Gasteiger partial charge in [-0.3, -0.25) is 4.79 Å². The van der Waals surface area contributed by atoms with Crippen LogP contribution >= 0.6 is 34.8 Å². The molecule has 15 heavy (non-hydrogen) atoms. The second-order valence-corrected chi connectivity index (χ2v) is 4.17. The standard InChI is InChI=1S/C11H7Cl3O/c12-9-4-1-8(2-5-9)3-6-10(15)7-11(13)14/h1-7H/b6-3+. The first kappa shape index (κ1) is 12.3. The van der Waals surface area contributed by atoms with Crippen LogP contribution in [-0.2, 0) is 4.79 Å². The smallest absolute Gasteiger partial charge is 0.181 e. The average Bonchev–Trinajstić information content (AvgIpc) is 2.16. The number of hydrogen-bond acceptors (Lipinski definition) is 1. The van der Waals surface area contributed by atoms with Gasteiger partial charge in [-0.05, 0) is 23.8 Å². The third-order valence-corrected chi connectivity index (χ3v) is 2.03. The Hall–Kier alpha value is -0.760. The highest BCUT2D eigenvalue weighted by molar-refractivity contribution is 6.56. The van der Waals surface area contributed by atoms with E-state index in [9.17, 15) is 4.79 Å². The molecule has 0 saturated heterocycles. The van der Waals surface area contributed by atoms with Crippen LogP contribution in [-0.4, -0.2) is 5.78 Å².